The predicted molar refractivity (Wildman–Crippen MR) is 104 cm³/mol. The molecular weight excluding hydrogens is 340 g/mol. The highest BCUT2D eigenvalue weighted by Gasteiger charge is 2.29. The Bertz CT molecular complexity index is 811. The van der Waals surface area contributed by atoms with Gasteiger partial charge in [0, 0.05) is 43.9 Å². The van der Waals surface area contributed by atoms with Gasteiger partial charge in [0.2, 0.25) is 0 Å². The van der Waals surface area contributed by atoms with Gasteiger partial charge in [-0.25, -0.2) is 9.97 Å². The molecule has 0 saturated carbocycles. The van der Waals surface area contributed by atoms with Crippen LogP contribution < -0.4 is 4.90 Å². The van der Waals surface area contributed by atoms with E-state index in [9.17, 15) is 4.79 Å². The number of aromatic amines is 1. The van der Waals surface area contributed by atoms with Crippen molar-refractivity contribution in [1.29, 1.82) is 0 Å². The molecule has 144 valence electrons. The molecule has 2 aliphatic rings. The smallest absolute Gasteiger partial charge is 0.257 e. The molecular formula is C20H28N6O. The topological polar surface area (TPSA) is 78.0 Å². The molecule has 1 amide bonds. The number of aromatic nitrogens is 4. The lowest BCUT2D eigenvalue weighted by Crippen LogP contribution is -2.39. The summed E-state index contributed by atoms with van der Waals surface area (Å²) in [6, 6.07) is 2.15. The maximum Gasteiger partial charge on any atom is 0.257 e. The predicted octanol–water partition coefficient (Wildman–Crippen LogP) is 2.69. The summed E-state index contributed by atoms with van der Waals surface area (Å²) in [6.45, 7) is 7.66. The van der Waals surface area contributed by atoms with Gasteiger partial charge >= 0.3 is 0 Å². The van der Waals surface area contributed by atoms with Crippen molar-refractivity contribution >= 4 is 11.7 Å². The molecule has 2 aromatic heterocycles. The minimum Gasteiger partial charge on any atom is -0.357 e. The largest absolute Gasteiger partial charge is 0.357 e. The molecule has 1 atom stereocenters. The molecule has 2 aromatic rings. The monoisotopic (exact) mass is 368 g/mol. The van der Waals surface area contributed by atoms with E-state index in [-0.39, 0.29) is 11.8 Å². The Kier molecular flexibility index (Phi) is 5.09. The Hall–Kier alpha value is -2.44. The first kappa shape index (κ1) is 17.9. The first-order chi connectivity index (χ1) is 13.2. The highest BCUT2D eigenvalue weighted by atomic mass is 16.2. The van der Waals surface area contributed by atoms with Crippen LogP contribution in [0.2, 0.25) is 0 Å². The number of hydrogen-bond acceptors (Lipinski definition) is 5. The van der Waals surface area contributed by atoms with E-state index in [0.29, 0.717) is 12.1 Å². The Morgan fingerprint density at radius 1 is 1.22 bits per heavy atom. The number of carbonyl (C=O) groups excluding carboxylic acids is 1. The van der Waals surface area contributed by atoms with E-state index >= 15 is 0 Å². The molecule has 0 bridgehead atoms. The van der Waals surface area contributed by atoms with Crippen molar-refractivity contribution in [3.63, 3.8) is 0 Å². The van der Waals surface area contributed by atoms with Crippen molar-refractivity contribution in [2.45, 2.75) is 51.9 Å². The third-order valence-corrected chi connectivity index (χ3v) is 5.70. The molecule has 0 unspecified atom stereocenters. The zero-order valence-electron chi connectivity index (χ0n) is 16.2. The molecule has 0 aromatic carbocycles. The van der Waals surface area contributed by atoms with E-state index < -0.39 is 0 Å². The Balaban J connectivity index is 1.53. The van der Waals surface area contributed by atoms with E-state index in [2.05, 4.69) is 26.1 Å². The maximum atomic E-state index is 13.0. The Morgan fingerprint density at radius 3 is 2.81 bits per heavy atom. The van der Waals surface area contributed by atoms with Crippen molar-refractivity contribution < 1.29 is 4.79 Å². The van der Waals surface area contributed by atoms with Crippen LogP contribution in [-0.2, 0) is 6.42 Å². The number of piperidine rings is 1. The first-order valence-corrected chi connectivity index (χ1v) is 10.1. The van der Waals surface area contributed by atoms with Gasteiger partial charge in [-0.05, 0) is 39.0 Å². The average molecular weight is 368 g/mol. The van der Waals surface area contributed by atoms with Gasteiger partial charge in [-0.2, -0.15) is 5.10 Å². The third kappa shape index (κ3) is 3.68. The van der Waals surface area contributed by atoms with Crippen LogP contribution in [0, 0.1) is 6.92 Å². The number of amides is 1. The maximum absolute atomic E-state index is 13.0. The van der Waals surface area contributed by atoms with Crippen molar-refractivity contribution in [3.8, 4) is 0 Å². The molecule has 2 fully saturated rings. The number of nitrogens with one attached hydrogen (secondary N) is 1. The van der Waals surface area contributed by atoms with Crippen LogP contribution in [0.15, 0.2) is 12.3 Å². The highest BCUT2D eigenvalue weighted by molar-refractivity contribution is 5.95. The van der Waals surface area contributed by atoms with E-state index in [1.807, 2.05) is 18.7 Å². The van der Waals surface area contributed by atoms with Crippen molar-refractivity contribution in [2.24, 2.45) is 0 Å². The molecule has 0 aliphatic carbocycles. The van der Waals surface area contributed by atoms with Crippen molar-refractivity contribution in [2.75, 3.05) is 31.1 Å². The van der Waals surface area contributed by atoms with Gasteiger partial charge in [-0.15, -0.1) is 0 Å². The lowest BCUT2D eigenvalue weighted by atomic mass is 9.93. The van der Waals surface area contributed by atoms with Gasteiger partial charge in [-0.1, -0.05) is 6.92 Å². The van der Waals surface area contributed by atoms with Gasteiger partial charge in [0.1, 0.15) is 11.6 Å². The molecule has 27 heavy (non-hydrogen) atoms. The number of rotatable bonds is 4. The quantitative estimate of drug-likeness (QED) is 0.898. The second-order valence-electron chi connectivity index (χ2n) is 7.60. The van der Waals surface area contributed by atoms with Gasteiger partial charge in [0.25, 0.3) is 5.91 Å². The summed E-state index contributed by atoms with van der Waals surface area (Å²) in [6.07, 6.45) is 6.96. The number of H-pyrrole nitrogens is 1. The lowest BCUT2D eigenvalue weighted by Gasteiger charge is -2.33. The van der Waals surface area contributed by atoms with Gasteiger partial charge in [-0.3, -0.25) is 9.89 Å². The minimum atomic E-state index is 0.0795. The second-order valence-corrected chi connectivity index (χ2v) is 7.60. The van der Waals surface area contributed by atoms with Crippen LogP contribution in [0.25, 0.3) is 0 Å². The molecule has 7 nitrogen and oxygen atoms in total. The number of anilines is 1. The van der Waals surface area contributed by atoms with Crippen molar-refractivity contribution in [1.82, 2.24) is 25.1 Å². The summed E-state index contributed by atoms with van der Waals surface area (Å²) in [5, 5.41) is 7.00. The van der Waals surface area contributed by atoms with Gasteiger partial charge in [0.15, 0.2) is 0 Å². The molecule has 7 heteroatoms. The van der Waals surface area contributed by atoms with E-state index in [1.165, 1.54) is 12.8 Å². The van der Waals surface area contributed by atoms with Crippen molar-refractivity contribution in [3.05, 3.63) is 35.0 Å². The molecule has 4 heterocycles. The van der Waals surface area contributed by atoms with Crippen LogP contribution in [0.5, 0.6) is 0 Å². The summed E-state index contributed by atoms with van der Waals surface area (Å²) in [5.74, 6) is 2.21. The standard InChI is InChI=1S/C20H28N6O/c1-3-17-16(12-21-24-17)20(27)26-10-6-7-15(13-26)18-11-19(23-14(2)22-18)25-8-4-5-9-25/h11-12,15H,3-10,13H2,1-2H3,(H,21,24)/t15-/m1/s1. The fourth-order valence-corrected chi connectivity index (χ4v) is 4.23. The normalized spacial score (nSPS) is 20.3. The molecule has 0 spiro atoms. The molecule has 4 rings (SSSR count). The fourth-order valence-electron chi connectivity index (χ4n) is 4.23. The summed E-state index contributed by atoms with van der Waals surface area (Å²) in [5.41, 5.74) is 2.69. The number of carbonyl (C=O) groups is 1. The zero-order valence-corrected chi connectivity index (χ0v) is 16.2. The number of hydrogen-bond donors (Lipinski definition) is 1. The highest BCUT2D eigenvalue weighted by Crippen LogP contribution is 2.29. The number of likely N-dealkylation sites (tertiary alicyclic amines) is 1. The van der Waals surface area contributed by atoms with E-state index in [4.69, 9.17) is 4.98 Å². The second kappa shape index (κ2) is 7.66. The average Bonchev–Trinajstić information content (AvgIpc) is 3.38. The first-order valence-electron chi connectivity index (χ1n) is 10.1. The minimum absolute atomic E-state index is 0.0795. The van der Waals surface area contributed by atoms with E-state index in [1.54, 1.807) is 6.20 Å². The SMILES string of the molecule is CCc1[nH]ncc1C(=O)N1CCC[C@@H](c2cc(N3CCCC3)nc(C)n2)C1. The lowest BCUT2D eigenvalue weighted by molar-refractivity contribution is 0.0705. The van der Waals surface area contributed by atoms with Crippen LogP contribution >= 0.6 is 0 Å². The zero-order chi connectivity index (χ0) is 18.8. The molecule has 1 N–H and O–H groups in total. The third-order valence-electron chi connectivity index (χ3n) is 5.70. The molecule has 2 saturated heterocycles. The van der Waals surface area contributed by atoms with Crippen LogP contribution in [-0.4, -0.2) is 57.2 Å². The molecule has 2 aliphatic heterocycles. The number of aryl methyl sites for hydroxylation is 2. The molecule has 0 radical (unpaired) electrons. The summed E-state index contributed by atoms with van der Waals surface area (Å²) in [4.78, 5) is 26.7. The van der Waals surface area contributed by atoms with Gasteiger partial charge in [0.05, 0.1) is 17.5 Å². The van der Waals surface area contributed by atoms with E-state index in [0.717, 1.165) is 61.9 Å². The van der Waals surface area contributed by atoms with Gasteiger partial charge < -0.3 is 9.80 Å². The summed E-state index contributed by atoms with van der Waals surface area (Å²) < 4.78 is 0. The van der Waals surface area contributed by atoms with Crippen LogP contribution in [0.4, 0.5) is 5.82 Å². The Labute approximate surface area is 160 Å². The number of nitrogens with zero attached hydrogens (tertiary/aromatic N) is 5. The van der Waals surface area contributed by atoms with Crippen LogP contribution in [0.1, 0.15) is 66.1 Å². The summed E-state index contributed by atoms with van der Waals surface area (Å²) in [7, 11) is 0. The van der Waals surface area contributed by atoms with Crippen LogP contribution in [0.3, 0.4) is 0 Å². The summed E-state index contributed by atoms with van der Waals surface area (Å²) >= 11 is 0. The fraction of sp³-hybridized carbons (Fsp3) is 0.600. The Morgan fingerprint density at radius 2 is 2.04 bits per heavy atom.